The molecule has 3 atom stereocenters. The van der Waals surface area contributed by atoms with Gasteiger partial charge in [0.15, 0.2) is 18.0 Å². The number of cyclic esters (lactones) is 1. The zero-order valence-corrected chi connectivity index (χ0v) is 22.1. The van der Waals surface area contributed by atoms with E-state index < -0.39 is 59.1 Å². The molecule has 0 aromatic heterocycles. The summed E-state index contributed by atoms with van der Waals surface area (Å²) < 4.78 is 15.9. The Labute approximate surface area is 229 Å². The fraction of sp³-hybridized carbons (Fsp3) is 0.286. The van der Waals surface area contributed by atoms with Gasteiger partial charge in [0.25, 0.3) is 5.91 Å². The molecule has 2 amide bonds. The Kier molecular flexibility index (Phi) is 9.04. The molecular formula is C28H28N2O10. The number of rotatable bonds is 10. The highest BCUT2D eigenvalue weighted by Gasteiger charge is 2.56. The number of carbonyl (C=O) groups is 6. The van der Waals surface area contributed by atoms with Crippen LogP contribution < -0.4 is 10.6 Å². The molecule has 3 rings (SSSR count). The van der Waals surface area contributed by atoms with Gasteiger partial charge in [0.1, 0.15) is 11.1 Å². The molecule has 12 heteroatoms. The number of hydrogen-bond donors (Lipinski definition) is 3. The van der Waals surface area contributed by atoms with Crippen LogP contribution in [-0.2, 0) is 33.4 Å². The maximum absolute atomic E-state index is 13.0. The van der Waals surface area contributed by atoms with Crippen LogP contribution in [0.4, 0.5) is 5.69 Å². The monoisotopic (exact) mass is 552 g/mol. The molecule has 0 bridgehead atoms. The van der Waals surface area contributed by atoms with E-state index >= 15 is 0 Å². The van der Waals surface area contributed by atoms with Gasteiger partial charge in [-0.1, -0.05) is 42.5 Å². The van der Waals surface area contributed by atoms with Gasteiger partial charge in [0.05, 0.1) is 11.3 Å². The van der Waals surface area contributed by atoms with Crippen molar-refractivity contribution in [3.05, 3.63) is 71.4 Å². The van der Waals surface area contributed by atoms with Crippen molar-refractivity contribution < 1.29 is 48.1 Å². The van der Waals surface area contributed by atoms with Gasteiger partial charge in [-0.05, 0) is 39.8 Å². The number of aromatic hydroxyl groups is 1. The zero-order valence-electron chi connectivity index (χ0n) is 22.1. The summed E-state index contributed by atoms with van der Waals surface area (Å²) in [5.41, 5.74) is -1.73. The first-order valence-corrected chi connectivity index (χ1v) is 12.1. The summed E-state index contributed by atoms with van der Waals surface area (Å²) in [5, 5.41) is 14.7. The minimum absolute atomic E-state index is 0.0232. The Morgan fingerprint density at radius 1 is 1.07 bits per heavy atom. The van der Waals surface area contributed by atoms with Gasteiger partial charge < -0.3 is 30.0 Å². The lowest BCUT2D eigenvalue weighted by atomic mass is 9.84. The zero-order chi connectivity index (χ0) is 29.6. The molecule has 1 fully saturated rings. The summed E-state index contributed by atoms with van der Waals surface area (Å²) >= 11 is 0. The molecule has 0 saturated carbocycles. The molecule has 1 saturated heterocycles. The van der Waals surface area contributed by atoms with E-state index in [1.165, 1.54) is 64.1 Å². The fourth-order valence-electron chi connectivity index (χ4n) is 3.82. The summed E-state index contributed by atoms with van der Waals surface area (Å²) in [5.74, 6) is -4.86. The van der Waals surface area contributed by atoms with Gasteiger partial charge in [-0.2, -0.15) is 0 Å². The molecule has 0 aliphatic carbocycles. The highest BCUT2D eigenvalue weighted by Crippen LogP contribution is 2.37. The Bertz CT molecular complexity index is 1370. The van der Waals surface area contributed by atoms with E-state index in [0.717, 1.165) is 0 Å². The van der Waals surface area contributed by atoms with Crippen molar-refractivity contribution in [1.82, 2.24) is 5.32 Å². The third-order valence-electron chi connectivity index (χ3n) is 6.17. The smallest absolute Gasteiger partial charge is 0.355 e. The van der Waals surface area contributed by atoms with Crippen LogP contribution in [0.25, 0.3) is 0 Å². The first-order valence-electron chi connectivity index (χ1n) is 12.1. The van der Waals surface area contributed by atoms with E-state index in [2.05, 4.69) is 10.6 Å². The maximum Gasteiger partial charge on any atom is 0.355 e. The number of allylic oxidation sites excluding steroid dienone is 1. The van der Waals surface area contributed by atoms with E-state index in [1.54, 1.807) is 18.2 Å². The molecule has 1 unspecified atom stereocenters. The lowest BCUT2D eigenvalue weighted by Gasteiger charge is -2.26. The third-order valence-corrected chi connectivity index (χ3v) is 6.17. The molecule has 2 aromatic rings. The van der Waals surface area contributed by atoms with E-state index in [4.69, 9.17) is 14.2 Å². The van der Waals surface area contributed by atoms with Crippen LogP contribution in [0.15, 0.2) is 60.3 Å². The summed E-state index contributed by atoms with van der Waals surface area (Å²) in [6.45, 7) is 5.57. The number of anilines is 1. The van der Waals surface area contributed by atoms with Gasteiger partial charge in [-0.15, -0.1) is 0 Å². The lowest BCUT2D eigenvalue weighted by Crippen LogP contribution is -2.44. The second-order valence-electron chi connectivity index (χ2n) is 9.30. The number of carbonyl (C=O) groups excluding carboxylic acids is 6. The van der Waals surface area contributed by atoms with Crippen molar-refractivity contribution in [2.45, 2.75) is 46.0 Å². The van der Waals surface area contributed by atoms with Crippen LogP contribution in [0.3, 0.4) is 0 Å². The average Bonchev–Trinajstić information content (AvgIpc) is 3.15. The van der Waals surface area contributed by atoms with Crippen LogP contribution in [0.2, 0.25) is 0 Å². The van der Waals surface area contributed by atoms with E-state index in [-0.39, 0.29) is 22.5 Å². The van der Waals surface area contributed by atoms with Gasteiger partial charge in [-0.25, -0.2) is 9.59 Å². The standard InChI is InChI=1S/C28H28N2O10/c1-5-18(30-24(34)17-12-9-13-19(21(17)33)29-14-31)26(36)38-15(2)25(35)40-23-22(39-27(37)28(23,3)4)20(32)16-10-7-6-8-11-16/h5-15,22-23,33H,1-4H3,(H,29,31)(H,30,34)/b18-5-/t15?,22-,23+/m1/s1. The Hall–Kier alpha value is -5.00. The van der Waals surface area contributed by atoms with Crippen LogP contribution >= 0.6 is 0 Å². The average molecular weight is 553 g/mol. The number of hydrogen-bond acceptors (Lipinski definition) is 10. The van der Waals surface area contributed by atoms with Gasteiger partial charge in [0, 0.05) is 5.56 Å². The molecule has 210 valence electrons. The van der Waals surface area contributed by atoms with Crippen molar-refractivity contribution in [3.63, 3.8) is 0 Å². The number of phenols is 1. The fourth-order valence-corrected chi connectivity index (χ4v) is 3.82. The number of ketones is 1. The molecule has 1 heterocycles. The number of amides is 2. The van der Waals surface area contributed by atoms with E-state index in [1.807, 2.05) is 0 Å². The number of para-hydroxylation sites is 1. The van der Waals surface area contributed by atoms with E-state index in [0.29, 0.717) is 6.41 Å². The van der Waals surface area contributed by atoms with E-state index in [9.17, 15) is 33.9 Å². The predicted octanol–water partition coefficient (Wildman–Crippen LogP) is 2.27. The number of Topliss-reactive ketones (excluding diaryl/α,β-unsaturated/α-hetero) is 1. The quantitative estimate of drug-likeness (QED) is 0.0990. The Morgan fingerprint density at radius 2 is 1.75 bits per heavy atom. The molecule has 1 aliphatic heterocycles. The molecule has 1 aliphatic rings. The molecule has 12 nitrogen and oxygen atoms in total. The van der Waals surface area contributed by atoms with Crippen molar-refractivity contribution in [2.24, 2.45) is 5.41 Å². The number of benzene rings is 2. The maximum atomic E-state index is 13.0. The number of nitrogens with one attached hydrogen (secondary N) is 2. The number of phenolic OH excluding ortho intramolecular Hbond substituents is 1. The van der Waals surface area contributed by atoms with Crippen molar-refractivity contribution in [2.75, 3.05) is 5.32 Å². The molecule has 2 aromatic carbocycles. The second kappa shape index (κ2) is 12.2. The molecule has 3 N–H and O–H groups in total. The highest BCUT2D eigenvalue weighted by atomic mass is 16.6. The van der Waals surface area contributed by atoms with Crippen molar-refractivity contribution >= 4 is 41.7 Å². The third kappa shape index (κ3) is 6.17. The summed E-state index contributed by atoms with van der Waals surface area (Å²) in [7, 11) is 0. The van der Waals surface area contributed by atoms with Crippen LogP contribution in [-0.4, -0.2) is 59.4 Å². The normalized spacial score (nSPS) is 18.6. The topological polar surface area (TPSA) is 174 Å². The number of esters is 3. The van der Waals surface area contributed by atoms with Crippen LogP contribution in [0, 0.1) is 5.41 Å². The van der Waals surface area contributed by atoms with Gasteiger partial charge in [-0.3, -0.25) is 19.2 Å². The van der Waals surface area contributed by atoms with Crippen molar-refractivity contribution in [3.8, 4) is 5.75 Å². The summed E-state index contributed by atoms with van der Waals surface area (Å²) in [4.78, 5) is 74.4. The molecule has 40 heavy (non-hydrogen) atoms. The van der Waals surface area contributed by atoms with Gasteiger partial charge in [0.2, 0.25) is 18.3 Å². The molecule has 0 radical (unpaired) electrons. The van der Waals surface area contributed by atoms with Crippen molar-refractivity contribution in [1.29, 1.82) is 0 Å². The molecule has 0 spiro atoms. The largest absolute Gasteiger partial charge is 0.505 e. The van der Waals surface area contributed by atoms with Gasteiger partial charge >= 0.3 is 17.9 Å². The lowest BCUT2D eigenvalue weighted by molar-refractivity contribution is -0.172. The number of ether oxygens (including phenoxy) is 3. The molecular weight excluding hydrogens is 524 g/mol. The summed E-state index contributed by atoms with van der Waals surface area (Å²) in [6, 6.07) is 12.1. The SMILES string of the molecule is C/C=C(\NC(=O)c1cccc(NC=O)c1O)C(=O)OC(C)C(=O)O[C@H]1[C@@H](C(=O)c2ccccc2)OC(=O)C1(C)C. The van der Waals surface area contributed by atoms with Crippen LogP contribution in [0.1, 0.15) is 48.4 Å². The predicted molar refractivity (Wildman–Crippen MR) is 139 cm³/mol. The minimum Gasteiger partial charge on any atom is -0.505 e. The Morgan fingerprint density at radius 3 is 2.38 bits per heavy atom. The minimum atomic E-state index is -1.51. The summed E-state index contributed by atoms with van der Waals surface area (Å²) in [6.07, 6.45) is -2.69. The first-order chi connectivity index (χ1) is 18.9. The highest BCUT2D eigenvalue weighted by molar-refractivity contribution is 6.05. The second-order valence-corrected chi connectivity index (χ2v) is 9.30. The Balaban J connectivity index is 1.69. The first kappa shape index (κ1) is 29.6. The van der Waals surface area contributed by atoms with Crippen LogP contribution in [0.5, 0.6) is 5.75 Å².